The van der Waals surface area contributed by atoms with Crippen LogP contribution in [-0.2, 0) is 11.3 Å². The van der Waals surface area contributed by atoms with Crippen LogP contribution in [-0.4, -0.2) is 53.3 Å². The average Bonchev–Trinajstić information content (AvgIpc) is 3.31. The summed E-state index contributed by atoms with van der Waals surface area (Å²) >= 11 is 0. The molecule has 142 valence electrons. The Morgan fingerprint density at radius 1 is 1.26 bits per heavy atom. The number of piperidine rings is 1. The molecule has 2 amide bonds. The average molecular weight is 367 g/mol. The number of hydrogen-bond donors (Lipinski definition) is 1. The molecule has 2 fully saturated rings. The first-order valence-corrected chi connectivity index (χ1v) is 9.41. The van der Waals surface area contributed by atoms with Crippen molar-refractivity contribution in [2.24, 2.45) is 5.41 Å². The molecule has 3 heterocycles. The summed E-state index contributed by atoms with van der Waals surface area (Å²) in [5.41, 5.74) is 1.79. The normalized spacial score (nSPS) is 18.9. The summed E-state index contributed by atoms with van der Waals surface area (Å²) in [5, 5.41) is 0. The molecule has 1 spiro atoms. The third-order valence-corrected chi connectivity index (χ3v) is 5.87. The van der Waals surface area contributed by atoms with Crippen molar-refractivity contribution in [2.45, 2.75) is 25.8 Å². The van der Waals surface area contributed by atoms with E-state index in [0.29, 0.717) is 31.6 Å². The number of nitrogens with one attached hydrogen (secondary N) is 1. The highest BCUT2D eigenvalue weighted by Crippen LogP contribution is 2.41. The van der Waals surface area contributed by atoms with E-state index >= 15 is 0 Å². The van der Waals surface area contributed by atoms with Gasteiger partial charge in [-0.25, -0.2) is 0 Å². The van der Waals surface area contributed by atoms with Gasteiger partial charge in [0.1, 0.15) is 5.75 Å². The molecule has 0 unspecified atom stereocenters. The van der Waals surface area contributed by atoms with Gasteiger partial charge in [-0.2, -0.15) is 0 Å². The SMILES string of the molecule is COc1cccc(CN2CC3(CCN(C(=O)c4cc[nH]c4)CC3)CC2=O)c1. The Labute approximate surface area is 159 Å². The maximum atomic E-state index is 12.6. The standard InChI is InChI=1S/C21H25N3O3/c1-27-18-4-2-3-16(11-18)14-24-15-21(12-19(24)25)6-9-23(10-7-21)20(26)17-5-8-22-13-17/h2-5,8,11,13,22H,6-7,9-10,12,14-15H2,1H3. The Balaban J connectivity index is 1.38. The van der Waals surface area contributed by atoms with E-state index in [2.05, 4.69) is 4.98 Å². The van der Waals surface area contributed by atoms with E-state index in [4.69, 9.17) is 4.74 Å². The molecule has 1 N–H and O–H groups in total. The van der Waals surface area contributed by atoms with Gasteiger partial charge in [0.05, 0.1) is 12.7 Å². The Kier molecular flexibility index (Phi) is 4.64. The van der Waals surface area contributed by atoms with Crippen LogP contribution in [0.15, 0.2) is 42.7 Å². The van der Waals surface area contributed by atoms with Gasteiger partial charge in [0, 0.05) is 50.4 Å². The number of hydrogen-bond acceptors (Lipinski definition) is 3. The first-order valence-electron chi connectivity index (χ1n) is 9.41. The van der Waals surface area contributed by atoms with Crippen molar-refractivity contribution in [3.05, 3.63) is 53.9 Å². The molecule has 2 saturated heterocycles. The lowest BCUT2D eigenvalue weighted by Gasteiger charge is -2.38. The summed E-state index contributed by atoms with van der Waals surface area (Å²) < 4.78 is 5.28. The topological polar surface area (TPSA) is 65.6 Å². The predicted octanol–water partition coefficient (Wildman–Crippen LogP) is 2.68. The minimum Gasteiger partial charge on any atom is -0.497 e. The highest BCUT2D eigenvalue weighted by molar-refractivity contribution is 5.94. The van der Waals surface area contributed by atoms with Crippen molar-refractivity contribution in [1.29, 1.82) is 0 Å². The third-order valence-electron chi connectivity index (χ3n) is 5.87. The first-order chi connectivity index (χ1) is 13.1. The van der Waals surface area contributed by atoms with Crippen molar-refractivity contribution in [1.82, 2.24) is 14.8 Å². The molecule has 4 rings (SSSR count). The highest BCUT2D eigenvalue weighted by atomic mass is 16.5. The lowest BCUT2D eigenvalue weighted by molar-refractivity contribution is -0.128. The number of amides is 2. The van der Waals surface area contributed by atoms with Crippen LogP contribution in [0.2, 0.25) is 0 Å². The van der Waals surface area contributed by atoms with E-state index in [9.17, 15) is 9.59 Å². The van der Waals surface area contributed by atoms with Crippen LogP contribution in [0.5, 0.6) is 5.75 Å². The molecule has 2 aliphatic heterocycles. The van der Waals surface area contributed by atoms with Crippen LogP contribution in [0.3, 0.4) is 0 Å². The van der Waals surface area contributed by atoms with Crippen molar-refractivity contribution in [2.75, 3.05) is 26.7 Å². The fourth-order valence-electron chi connectivity index (χ4n) is 4.28. The lowest BCUT2D eigenvalue weighted by atomic mass is 9.77. The maximum absolute atomic E-state index is 12.6. The number of ether oxygens (including phenoxy) is 1. The van der Waals surface area contributed by atoms with Gasteiger partial charge in [-0.05, 0) is 36.6 Å². The number of carbonyl (C=O) groups is 2. The minimum absolute atomic E-state index is 0.00484. The Hall–Kier alpha value is -2.76. The number of benzene rings is 1. The number of carbonyl (C=O) groups excluding carboxylic acids is 2. The molecule has 0 bridgehead atoms. The van der Waals surface area contributed by atoms with Gasteiger partial charge in [-0.1, -0.05) is 12.1 Å². The molecule has 0 saturated carbocycles. The van der Waals surface area contributed by atoms with E-state index in [0.717, 1.165) is 30.7 Å². The number of H-pyrrole nitrogens is 1. The molecule has 2 aliphatic rings. The molecular weight excluding hydrogens is 342 g/mol. The quantitative estimate of drug-likeness (QED) is 0.904. The highest BCUT2D eigenvalue weighted by Gasteiger charge is 2.45. The van der Waals surface area contributed by atoms with Crippen molar-refractivity contribution < 1.29 is 14.3 Å². The fraction of sp³-hybridized carbons (Fsp3) is 0.429. The molecule has 1 aromatic carbocycles. The number of rotatable bonds is 4. The van der Waals surface area contributed by atoms with Crippen molar-refractivity contribution >= 4 is 11.8 Å². The van der Waals surface area contributed by atoms with Crippen LogP contribution in [0.4, 0.5) is 0 Å². The lowest BCUT2D eigenvalue weighted by Crippen LogP contribution is -2.44. The molecular formula is C21H25N3O3. The van der Waals surface area contributed by atoms with Crippen LogP contribution >= 0.6 is 0 Å². The van der Waals surface area contributed by atoms with Gasteiger partial charge in [-0.15, -0.1) is 0 Å². The van der Waals surface area contributed by atoms with E-state index in [-0.39, 0.29) is 17.2 Å². The predicted molar refractivity (Wildman–Crippen MR) is 101 cm³/mol. The summed E-state index contributed by atoms with van der Waals surface area (Å²) in [5.74, 6) is 1.09. The number of aromatic nitrogens is 1. The Bertz CT molecular complexity index is 823. The van der Waals surface area contributed by atoms with Gasteiger partial charge >= 0.3 is 0 Å². The Morgan fingerprint density at radius 3 is 2.78 bits per heavy atom. The third kappa shape index (κ3) is 3.56. The van der Waals surface area contributed by atoms with E-state index in [1.165, 1.54) is 0 Å². The largest absolute Gasteiger partial charge is 0.497 e. The van der Waals surface area contributed by atoms with Crippen molar-refractivity contribution in [3.63, 3.8) is 0 Å². The van der Waals surface area contributed by atoms with Crippen LogP contribution in [0, 0.1) is 5.41 Å². The molecule has 2 aromatic rings. The number of aromatic amines is 1. The summed E-state index contributed by atoms with van der Waals surface area (Å²) in [6.45, 7) is 2.81. The van der Waals surface area contributed by atoms with E-state index in [1.54, 1.807) is 19.5 Å². The van der Waals surface area contributed by atoms with Crippen LogP contribution in [0.1, 0.15) is 35.2 Å². The van der Waals surface area contributed by atoms with Crippen molar-refractivity contribution in [3.8, 4) is 5.75 Å². The molecule has 6 nitrogen and oxygen atoms in total. The summed E-state index contributed by atoms with van der Waals surface area (Å²) in [6.07, 6.45) is 5.85. The second-order valence-electron chi connectivity index (χ2n) is 7.67. The van der Waals surface area contributed by atoms with Gasteiger partial charge < -0.3 is 19.5 Å². The summed E-state index contributed by atoms with van der Waals surface area (Å²) in [4.78, 5) is 31.9. The van der Waals surface area contributed by atoms with E-state index < -0.39 is 0 Å². The summed E-state index contributed by atoms with van der Waals surface area (Å²) in [7, 11) is 1.65. The molecule has 0 aliphatic carbocycles. The molecule has 0 atom stereocenters. The molecule has 6 heteroatoms. The zero-order chi connectivity index (χ0) is 18.9. The second kappa shape index (κ2) is 7.10. The van der Waals surface area contributed by atoms with E-state index in [1.807, 2.05) is 40.1 Å². The van der Waals surface area contributed by atoms with Gasteiger partial charge in [0.15, 0.2) is 0 Å². The molecule has 0 radical (unpaired) electrons. The number of nitrogens with zero attached hydrogens (tertiary/aromatic N) is 2. The van der Waals surface area contributed by atoms with Crippen LogP contribution < -0.4 is 4.74 Å². The molecule has 1 aromatic heterocycles. The van der Waals surface area contributed by atoms with Gasteiger partial charge in [-0.3, -0.25) is 9.59 Å². The van der Waals surface area contributed by atoms with Gasteiger partial charge in [0.2, 0.25) is 5.91 Å². The first kappa shape index (κ1) is 17.6. The molecule has 27 heavy (non-hydrogen) atoms. The monoisotopic (exact) mass is 367 g/mol. The zero-order valence-electron chi connectivity index (χ0n) is 15.6. The van der Waals surface area contributed by atoms with Gasteiger partial charge in [0.25, 0.3) is 5.91 Å². The minimum atomic E-state index is 0.00484. The van der Waals surface area contributed by atoms with Crippen LogP contribution in [0.25, 0.3) is 0 Å². The zero-order valence-corrected chi connectivity index (χ0v) is 15.6. The maximum Gasteiger partial charge on any atom is 0.255 e. The Morgan fingerprint density at radius 2 is 2.07 bits per heavy atom. The second-order valence-corrected chi connectivity index (χ2v) is 7.67. The fourth-order valence-corrected chi connectivity index (χ4v) is 4.28. The number of likely N-dealkylation sites (tertiary alicyclic amines) is 2. The number of methoxy groups -OCH3 is 1. The summed E-state index contributed by atoms with van der Waals surface area (Å²) in [6, 6.07) is 9.68. The smallest absolute Gasteiger partial charge is 0.255 e.